The van der Waals surface area contributed by atoms with E-state index in [0.29, 0.717) is 33.9 Å². The molecular formula is C28H24N4O3. The molecule has 0 atom stereocenters. The summed E-state index contributed by atoms with van der Waals surface area (Å²) in [6, 6.07) is 29.6. The number of hydrogen-bond acceptors (Lipinski definition) is 4. The van der Waals surface area contributed by atoms with Crippen molar-refractivity contribution in [1.29, 1.82) is 0 Å². The first-order valence-electron chi connectivity index (χ1n) is 11.0. The van der Waals surface area contributed by atoms with Crippen LogP contribution in [-0.2, 0) is 11.2 Å². The Morgan fingerprint density at radius 2 is 1.17 bits per heavy atom. The molecule has 0 spiro atoms. The minimum Gasteiger partial charge on any atom is -0.398 e. The number of benzene rings is 4. The fraction of sp³-hybridized carbons (Fsp3) is 0.0357. The van der Waals surface area contributed by atoms with Gasteiger partial charge < -0.3 is 21.7 Å². The zero-order valence-corrected chi connectivity index (χ0v) is 18.8. The van der Waals surface area contributed by atoms with Crippen molar-refractivity contribution in [2.75, 3.05) is 21.7 Å². The van der Waals surface area contributed by atoms with E-state index in [2.05, 4.69) is 16.0 Å². The van der Waals surface area contributed by atoms with Crippen LogP contribution in [0.4, 0.5) is 22.7 Å². The first kappa shape index (κ1) is 23.3. The van der Waals surface area contributed by atoms with E-state index in [1.165, 1.54) is 0 Å². The van der Waals surface area contributed by atoms with Crippen LogP contribution in [0.25, 0.3) is 0 Å². The topological polar surface area (TPSA) is 113 Å². The van der Waals surface area contributed by atoms with Gasteiger partial charge in [0.15, 0.2) is 0 Å². The third-order valence-corrected chi connectivity index (χ3v) is 5.25. The van der Waals surface area contributed by atoms with Crippen molar-refractivity contribution in [2.24, 2.45) is 0 Å². The van der Waals surface area contributed by atoms with Crippen molar-refractivity contribution < 1.29 is 14.4 Å². The van der Waals surface area contributed by atoms with Gasteiger partial charge in [-0.25, -0.2) is 0 Å². The second-order valence-electron chi connectivity index (χ2n) is 7.86. The van der Waals surface area contributed by atoms with Crippen molar-refractivity contribution in [3.63, 3.8) is 0 Å². The minimum atomic E-state index is -0.338. The lowest BCUT2D eigenvalue weighted by molar-refractivity contribution is -0.115. The third kappa shape index (κ3) is 6.33. The van der Waals surface area contributed by atoms with Crippen LogP contribution in [0.15, 0.2) is 103 Å². The zero-order valence-electron chi connectivity index (χ0n) is 18.8. The van der Waals surface area contributed by atoms with Crippen molar-refractivity contribution in [3.05, 3.63) is 120 Å². The first-order chi connectivity index (χ1) is 17.0. The highest BCUT2D eigenvalue weighted by Crippen LogP contribution is 2.17. The monoisotopic (exact) mass is 464 g/mol. The smallest absolute Gasteiger partial charge is 0.255 e. The third-order valence-electron chi connectivity index (χ3n) is 5.25. The van der Waals surface area contributed by atoms with E-state index in [9.17, 15) is 14.4 Å². The number of nitrogens with one attached hydrogen (secondary N) is 3. The number of para-hydroxylation sites is 2. The molecule has 0 saturated carbocycles. The van der Waals surface area contributed by atoms with Gasteiger partial charge in [-0.3, -0.25) is 14.4 Å². The fourth-order valence-corrected chi connectivity index (χ4v) is 3.44. The number of anilines is 4. The average Bonchev–Trinajstić information content (AvgIpc) is 2.86. The predicted octanol–water partition coefficient (Wildman–Crippen LogP) is 4.95. The predicted molar refractivity (Wildman–Crippen MR) is 138 cm³/mol. The van der Waals surface area contributed by atoms with Crippen molar-refractivity contribution in [1.82, 2.24) is 0 Å². The Kier molecular flexibility index (Phi) is 7.18. The summed E-state index contributed by atoms with van der Waals surface area (Å²) in [6.07, 6.45) is 0.132. The summed E-state index contributed by atoms with van der Waals surface area (Å²) in [5.74, 6) is -0.811. The number of hydrogen-bond donors (Lipinski definition) is 4. The summed E-state index contributed by atoms with van der Waals surface area (Å²) in [5, 5.41) is 8.42. The van der Waals surface area contributed by atoms with E-state index in [1.807, 2.05) is 30.3 Å². The van der Waals surface area contributed by atoms with Gasteiger partial charge in [-0.1, -0.05) is 42.5 Å². The van der Waals surface area contributed by atoms with Gasteiger partial charge in [-0.2, -0.15) is 0 Å². The van der Waals surface area contributed by atoms with Crippen LogP contribution in [0.1, 0.15) is 26.3 Å². The molecule has 4 rings (SSSR count). The molecule has 0 bridgehead atoms. The second-order valence-corrected chi connectivity index (χ2v) is 7.86. The van der Waals surface area contributed by atoms with Gasteiger partial charge in [0, 0.05) is 33.9 Å². The Bertz CT molecular complexity index is 1350. The van der Waals surface area contributed by atoms with Gasteiger partial charge in [0.25, 0.3) is 11.8 Å². The number of carbonyl (C=O) groups is 3. The van der Waals surface area contributed by atoms with Crippen molar-refractivity contribution in [2.45, 2.75) is 6.42 Å². The van der Waals surface area contributed by atoms with Gasteiger partial charge in [-0.15, -0.1) is 0 Å². The SMILES string of the molecule is Nc1ccccc1CC(=O)Nc1cccc(C(=O)Nc2ccc(C(=O)Nc3ccccc3)cc2)c1. The molecule has 5 N–H and O–H groups in total. The van der Waals surface area contributed by atoms with E-state index in [-0.39, 0.29) is 24.1 Å². The first-order valence-corrected chi connectivity index (χ1v) is 11.0. The number of rotatable bonds is 7. The van der Waals surface area contributed by atoms with Gasteiger partial charge in [0.1, 0.15) is 0 Å². The molecule has 0 aromatic heterocycles. The lowest BCUT2D eigenvalue weighted by Gasteiger charge is -2.10. The molecular weight excluding hydrogens is 440 g/mol. The van der Waals surface area contributed by atoms with E-state index in [0.717, 1.165) is 5.56 Å². The summed E-state index contributed by atoms with van der Waals surface area (Å²) in [5.41, 5.74) is 9.80. The lowest BCUT2D eigenvalue weighted by atomic mass is 10.1. The Hall–Kier alpha value is -4.91. The molecule has 0 saturated heterocycles. The molecule has 0 unspecified atom stereocenters. The average molecular weight is 465 g/mol. The second kappa shape index (κ2) is 10.8. The molecule has 0 aliphatic rings. The highest BCUT2D eigenvalue weighted by Gasteiger charge is 2.11. The maximum Gasteiger partial charge on any atom is 0.255 e. The number of carbonyl (C=O) groups excluding carboxylic acids is 3. The molecule has 0 aliphatic carbocycles. The van der Waals surface area contributed by atoms with Crippen LogP contribution in [0.3, 0.4) is 0 Å². The van der Waals surface area contributed by atoms with Crippen LogP contribution in [0.2, 0.25) is 0 Å². The molecule has 35 heavy (non-hydrogen) atoms. The molecule has 0 radical (unpaired) electrons. The van der Waals surface area contributed by atoms with Crippen LogP contribution in [0, 0.1) is 0 Å². The highest BCUT2D eigenvalue weighted by atomic mass is 16.2. The van der Waals surface area contributed by atoms with Crippen LogP contribution in [0.5, 0.6) is 0 Å². The Labute approximate surface area is 203 Å². The van der Waals surface area contributed by atoms with Crippen molar-refractivity contribution >= 4 is 40.5 Å². The van der Waals surface area contributed by atoms with Crippen LogP contribution in [-0.4, -0.2) is 17.7 Å². The molecule has 7 heteroatoms. The van der Waals surface area contributed by atoms with Gasteiger partial charge in [0.05, 0.1) is 6.42 Å². The summed E-state index contributed by atoms with van der Waals surface area (Å²) >= 11 is 0. The number of amides is 3. The van der Waals surface area contributed by atoms with E-state index in [1.54, 1.807) is 72.8 Å². The largest absolute Gasteiger partial charge is 0.398 e. The lowest BCUT2D eigenvalue weighted by Crippen LogP contribution is -2.16. The zero-order chi connectivity index (χ0) is 24.6. The summed E-state index contributed by atoms with van der Waals surface area (Å²) in [6.45, 7) is 0. The fourth-order valence-electron chi connectivity index (χ4n) is 3.44. The normalized spacial score (nSPS) is 10.3. The number of nitrogen functional groups attached to an aromatic ring is 1. The minimum absolute atomic E-state index is 0.132. The summed E-state index contributed by atoms with van der Waals surface area (Å²) < 4.78 is 0. The summed E-state index contributed by atoms with van der Waals surface area (Å²) in [7, 11) is 0. The van der Waals surface area contributed by atoms with Crippen LogP contribution >= 0.6 is 0 Å². The molecule has 3 amide bonds. The molecule has 0 heterocycles. The van der Waals surface area contributed by atoms with Crippen LogP contribution < -0.4 is 21.7 Å². The molecule has 0 aliphatic heterocycles. The molecule has 0 fully saturated rings. The molecule has 4 aromatic rings. The quantitative estimate of drug-likeness (QED) is 0.290. The maximum absolute atomic E-state index is 12.7. The van der Waals surface area contributed by atoms with Gasteiger partial charge >= 0.3 is 0 Å². The van der Waals surface area contributed by atoms with Gasteiger partial charge in [-0.05, 0) is 66.2 Å². The molecule has 7 nitrogen and oxygen atoms in total. The molecule has 4 aromatic carbocycles. The Morgan fingerprint density at radius 1 is 0.571 bits per heavy atom. The van der Waals surface area contributed by atoms with E-state index >= 15 is 0 Å². The van der Waals surface area contributed by atoms with E-state index in [4.69, 9.17) is 5.73 Å². The standard InChI is InChI=1S/C28H24N4O3/c29-25-12-5-4-7-20(25)18-26(33)30-24-11-6-8-21(17-24)28(35)32-23-15-13-19(14-16-23)27(34)31-22-9-2-1-3-10-22/h1-17H,18,29H2,(H,30,33)(H,31,34)(H,32,35). The van der Waals surface area contributed by atoms with E-state index < -0.39 is 0 Å². The molecule has 174 valence electrons. The number of nitrogens with two attached hydrogens (primary N) is 1. The maximum atomic E-state index is 12.7. The van der Waals surface area contributed by atoms with Crippen molar-refractivity contribution in [3.8, 4) is 0 Å². The Balaban J connectivity index is 1.35. The van der Waals surface area contributed by atoms with Gasteiger partial charge in [0.2, 0.25) is 5.91 Å². The Morgan fingerprint density at radius 3 is 1.89 bits per heavy atom. The summed E-state index contributed by atoms with van der Waals surface area (Å²) in [4.78, 5) is 37.5. The highest BCUT2D eigenvalue weighted by molar-refractivity contribution is 6.07.